The predicted octanol–water partition coefficient (Wildman–Crippen LogP) is 4.85. The molecule has 6 nitrogen and oxygen atoms in total. The van der Waals surface area contributed by atoms with E-state index >= 15 is 0 Å². The van der Waals surface area contributed by atoms with E-state index in [1.807, 2.05) is 16.6 Å². The van der Waals surface area contributed by atoms with Gasteiger partial charge in [0.15, 0.2) is 11.5 Å². The highest BCUT2D eigenvalue weighted by Gasteiger charge is 2.22. The maximum atomic E-state index is 13.5. The predicted molar refractivity (Wildman–Crippen MR) is 111 cm³/mol. The number of fused-ring (bicyclic) bond motifs is 1. The standard InChI is InChI=1S/C21H20FN3O3S/c1-5-17-24-25-19(12-6-8-14(22)9-7-12)18(23-21(25)29-17)13-10-15(26-2)20(28-4)16(11-13)27-3/h6-11H,5H2,1-4H3. The number of benzene rings is 2. The lowest BCUT2D eigenvalue weighted by molar-refractivity contribution is 0.324. The second kappa shape index (κ2) is 7.71. The SMILES string of the molecule is CCc1nn2c(-c3ccc(F)cc3)c(-c3cc(OC)c(OC)c(OC)c3)nc2s1. The van der Waals surface area contributed by atoms with E-state index in [0.29, 0.717) is 22.9 Å². The molecule has 0 atom stereocenters. The fraction of sp³-hybridized carbons (Fsp3) is 0.238. The lowest BCUT2D eigenvalue weighted by Gasteiger charge is -2.14. The summed E-state index contributed by atoms with van der Waals surface area (Å²) in [7, 11) is 4.71. The van der Waals surface area contributed by atoms with Crippen LogP contribution < -0.4 is 14.2 Å². The molecule has 29 heavy (non-hydrogen) atoms. The van der Waals surface area contributed by atoms with E-state index in [0.717, 1.165) is 33.2 Å². The average molecular weight is 413 g/mol. The first-order valence-corrected chi connectivity index (χ1v) is 9.86. The van der Waals surface area contributed by atoms with Gasteiger partial charge in [0.2, 0.25) is 10.7 Å². The van der Waals surface area contributed by atoms with Crippen LogP contribution in [-0.4, -0.2) is 35.9 Å². The third kappa shape index (κ3) is 3.29. The normalized spacial score (nSPS) is 11.1. The summed E-state index contributed by atoms with van der Waals surface area (Å²) in [6.45, 7) is 2.05. The molecule has 0 aliphatic rings. The summed E-state index contributed by atoms with van der Waals surface area (Å²) < 4.78 is 31.7. The lowest BCUT2D eigenvalue weighted by atomic mass is 10.0. The third-order valence-electron chi connectivity index (χ3n) is 4.60. The molecule has 0 saturated heterocycles. The summed E-state index contributed by atoms with van der Waals surface area (Å²) in [6.07, 6.45) is 0.816. The molecule has 8 heteroatoms. The van der Waals surface area contributed by atoms with E-state index in [1.165, 1.54) is 23.5 Å². The van der Waals surface area contributed by atoms with E-state index in [2.05, 4.69) is 12.0 Å². The molecule has 0 aliphatic heterocycles. The van der Waals surface area contributed by atoms with Gasteiger partial charge in [-0.1, -0.05) is 18.3 Å². The lowest BCUT2D eigenvalue weighted by Crippen LogP contribution is -1.97. The number of hydrogen-bond donors (Lipinski definition) is 0. The Kier molecular flexibility index (Phi) is 5.10. The second-order valence-electron chi connectivity index (χ2n) is 6.27. The summed E-state index contributed by atoms with van der Waals surface area (Å²) >= 11 is 1.53. The van der Waals surface area contributed by atoms with Gasteiger partial charge in [-0.3, -0.25) is 0 Å². The molecule has 0 unspecified atom stereocenters. The van der Waals surface area contributed by atoms with Crippen molar-refractivity contribution in [3.63, 3.8) is 0 Å². The minimum absolute atomic E-state index is 0.295. The molecule has 0 aliphatic carbocycles. The summed E-state index contributed by atoms with van der Waals surface area (Å²) in [5.41, 5.74) is 3.09. The van der Waals surface area contributed by atoms with Crippen LogP contribution in [0, 0.1) is 5.82 Å². The van der Waals surface area contributed by atoms with Gasteiger partial charge in [0.05, 0.1) is 21.3 Å². The maximum Gasteiger partial charge on any atom is 0.213 e. The van der Waals surface area contributed by atoms with Crippen LogP contribution in [0.2, 0.25) is 0 Å². The van der Waals surface area contributed by atoms with Crippen LogP contribution in [0.1, 0.15) is 11.9 Å². The van der Waals surface area contributed by atoms with Gasteiger partial charge in [-0.25, -0.2) is 13.9 Å². The average Bonchev–Trinajstić information content (AvgIpc) is 3.30. The van der Waals surface area contributed by atoms with Crippen LogP contribution in [-0.2, 0) is 6.42 Å². The van der Waals surface area contributed by atoms with Gasteiger partial charge in [-0.2, -0.15) is 5.10 Å². The first kappa shape index (κ1) is 19.2. The molecule has 150 valence electrons. The van der Waals surface area contributed by atoms with Crippen molar-refractivity contribution in [1.29, 1.82) is 0 Å². The molecule has 2 heterocycles. The Balaban J connectivity index is 2.00. The topological polar surface area (TPSA) is 57.9 Å². The van der Waals surface area contributed by atoms with Crippen molar-refractivity contribution < 1.29 is 18.6 Å². The van der Waals surface area contributed by atoms with Gasteiger partial charge in [-0.05, 0) is 42.8 Å². The van der Waals surface area contributed by atoms with Crippen molar-refractivity contribution in [3.8, 4) is 39.8 Å². The van der Waals surface area contributed by atoms with E-state index in [4.69, 9.17) is 19.2 Å². The second-order valence-corrected chi connectivity index (χ2v) is 7.31. The van der Waals surface area contributed by atoms with E-state index in [1.54, 1.807) is 33.5 Å². The van der Waals surface area contributed by atoms with Crippen LogP contribution in [0.25, 0.3) is 27.5 Å². The van der Waals surface area contributed by atoms with E-state index < -0.39 is 0 Å². The Morgan fingerprint density at radius 2 is 1.62 bits per heavy atom. The van der Waals surface area contributed by atoms with Crippen molar-refractivity contribution in [2.24, 2.45) is 0 Å². The van der Waals surface area contributed by atoms with Gasteiger partial charge in [0.1, 0.15) is 22.2 Å². The Bertz CT molecular complexity index is 1140. The monoisotopic (exact) mass is 413 g/mol. The minimum Gasteiger partial charge on any atom is -0.493 e. The van der Waals surface area contributed by atoms with E-state index in [9.17, 15) is 4.39 Å². The molecule has 2 aromatic carbocycles. The maximum absolute atomic E-state index is 13.5. The Labute approximate surface area is 171 Å². The smallest absolute Gasteiger partial charge is 0.213 e. The van der Waals surface area contributed by atoms with Gasteiger partial charge in [0.25, 0.3) is 0 Å². The van der Waals surface area contributed by atoms with E-state index in [-0.39, 0.29) is 5.82 Å². The summed E-state index contributed by atoms with van der Waals surface area (Å²) in [6, 6.07) is 10.0. The fourth-order valence-corrected chi connectivity index (χ4v) is 4.05. The Hall–Kier alpha value is -3.13. The zero-order valence-corrected chi connectivity index (χ0v) is 17.3. The highest BCUT2D eigenvalue weighted by atomic mass is 32.1. The molecular formula is C21H20FN3O3S. The largest absolute Gasteiger partial charge is 0.493 e. The van der Waals surface area contributed by atoms with Crippen LogP contribution >= 0.6 is 11.3 Å². The molecule has 0 fully saturated rings. The Morgan fingerprint density at radius 1 is 0.966 bits per heavy atom. The summed E-state index contributed by atoms with van der Waals surface area (Å²) in [5.74, 6) is 1.28. The number of aromatic nitrogens is 3. The highest BCUT2D eigenvalue weighted by molar-refractivity contribution is 7.16. The quantitative estimate of drug-likeness (QED) is 0.452. The fourth-order valence-electron chi connectivity index (χ4n) is 3.22. The van der Waals surface area contributed by atoms with Gasteiger partial charge in [0, 0.05) is 11.1 Å². The highest BCUT2D eigenvalue weighted by Crippen LogP contribution is 2.43. The number of imidazole rings is 1. The molecule has 4 aromatic rings. The zero-order valence-electron chi connectivity index (χ0n) is 16.5. The van der Waals surface area contributed by atoms with Crippen molar-refractivity contribution in [3.05, 3.63) is 47.2 Å². The number of ether oxygens (including phenoxy) is 3. The third-order valence-corrected chi connectivity index (χ3v) is 5.66. The molecule has 0 N–H and O–H groups in total. The number of rotatable bonds is 6. The number of aryl methyl sites for hydroxylation is 1. The van der Waals surface area contributed by atoms with Crippen LogP contribution in [0.3, 0.4) is 0 Å². The number of halogens is 1. The van der Waals surface area contributed by atoms with Crippen molar-refractivity contribution in [1.82, 2.24) is 14.6 Å². The molecule has 0 saturated carbocycles. The van der Waals surface area contributed by atoms with Gasteiger partial charge in [-0.15, -0.1) is 0 Å². The molecule has 4 rings (SSSR count). The molecule has 2 aromatic heterocycles. The van der Waals surface area contributed by atoms with Gasteiger partial charge >= 0.3 is 0 Å². The van der Waals surface area contributed by atoms with Crippen LogP contribution in [0.4, 0.5) is 4.39 Å². The number of hydrogen-bond acceptors (Lipinski definition) is 6. The van der Waals surface area contributed by atoms with Crippen molar-refractivity contribution >= 4 is 16.3 Å². The van der Waals surface area contributed by atoms with Gasteiger partial charge < -0.3 is 14.2 Å². The Morgan fingerprint density at radius 3 is 2.17 bits per heavy atom. The minimum atomic E-state index is -0.295. The van der Waals surface area contributed by atoms with Crippen LogP contribution in [0.15, 0.2) is 36.4 Å². The summed E-state index contributed by atoms with van der Waals surface area (Å²) in [4.78, 5) is 5.60. The van der Waals surface area contributed by atoms with Crippen molar-refractivity contribution in [2.45, 2.75) is 13.3 Å². The number of nitrogens with zero attached hydrogens (tertiary/aromatic N) is 3. The molecule has 0 bridgehead atoms. The number of methoxy groups -OCH3 is 3. The molecule has 0 amide bonds. The van der Waals surface area contributed by atoms with Crippen molar-refractivity contribution in [2.75, 3.05) is 21.3 Å². The summed E-state index contributed by atoms with van der Waals surface area (Å²) in [5, 5.41) is 5.67. The first-order chi connectivity index (χ1) is 14.1. The first-order valence-electron chi connectivity index (χ1n) is 9.04. The molecular weight excluding hydrogens is 393 g/mol. The van der Waals surface area contributed by atoms with Crippen LogP contribution in [0.5, 0.6) is 17.2 Å². The zero-order chi connectivity index (χ0) is 20.5. The molecule has 0 spiro atoms. The molecule has 0 radical (unpaired) electrons.